The number of aromatic nitrogens is 1. The number of hydrogen-bond donors (Lipinski definition) is 2. The maximum absolute atomic E-state index is 14.1. The summed E-state index contributed by atoms with van der Waals surface area (Å²) in [4.78, 5) is 36.4. The lowest BCUT2D eigenvalue weighted by Crippen LogP contribution is -2.47. The highest BCUT2D eigenvalue weighted by atomic mass is 19.1. The van der Waals surface area contributed by atoms with Gasteiger partial charge in [-0.3, -0.25) is 24.4 Å². The molecule has 0 unspecified atom stereocenters. The number of rotatable bonds is 9. The Morgan fingerprint density at radius 2 is 1.79 bits per heavy atom. The number of pyridine rings is 1. The molecule has 2 amide bonds. The molecule has 3 saturated heterocycles. The maximum atomic E-state index is 14.1. The van der Waals surface area contributed by atoms with Crippen LogP contribution in [0.5, 0.6) is 5.75 Å². The number of halogens is 1. The minimum absolute atomic E-state index is 0.0892. The predicted octanol–water partition coefficient (Wildman–Crippen LogP) is 5.22. The van der Waals surface area contributed by atoms with Gasteiger partial charge in [-0.1, -0.05) is 42.5 Å². The quantitative estimate of drug-likeness (QED) is 0.245. The molecule has 4 heterocycles. The summed E-state index contributed by atoms with van der Waals surface area (Å²) in [5.74, 6) is -2.46. The number of allylic oxidation sites excluding steroid dienone is 1. The van der Waals surface area contributed by atoms with Crippen molar-refractivity contribution in [2.24, 2.45) is 17.8 Å². The summed E-state index contributed by atoms with van der Waals surface area (Å²) in [6.07, 6.45) is 6.26. The van der Waals surface area contributed by atoms with Crippen molar-refractivity contribution in [3.05, 3.63) is 107 Å². The Hall–Kier alpha value is -4.18. The molecule has 4 atom stereocenters. The van der Waals surface area contributed by atoms with Gasteiger partial charge in [0.1, 0.15) is 0 Å². The lowest BCUT2D eigenvalue weighted by atomic mass is 9.69. The number of aliphatic hydroxyl groups is 1. The Kier molecular flexibility index (Phi) is 9.03. The van der Waals surface area contributed by atoms with Crippen molar-refractivity contribution in [3.8, 4) is 5.75 Å². The van der Waals surface area contributed by atoms with E-state index in [1.54, 1.807) is 17.2 Å². The number of aromatic hydroxyl groups is 1. The van der Waals surface area contributed by atoms with Crippen LogP contribution in [0.2, 0.25) is 0 Å². The highest BCUT2D eigenvalue weighted by Crippen LogP contribution is 2.50. The van der Waals surface area contributed by atoms with Gasteiger partial charge in [0.15, 0.2) is 11.6 Å². The van der Waals surface area contributed by atoms with Crippen LogP contribution in [0.25, 0.3) is 11.6 Å². The normalized spacial score (nSPS) is 25.4. The van der Waals surface area contributed by atoms with Crippen LogP contribution in [-0.4, -0.2) is 75.3 Å². The average Bonchev–Trinajstić information content (AvgIpc) is 3.63. The molecule has 0 spiro atoms. The van der Waals surface area contributed by atoms with Gasteiger partial charge in [0.2, 0.25) is 11.8 Å². The summed E-state index contributed by atoms with van der Waals surface area (Å²) in [6.45, 7) is 2.67. The topological polar surface area (TPSA) is 103 Å². The molecule has 3 fully saturated rings. The van der Waals surface area contributed by atoms with Crippen molar-refractivity contribution in [2.45, 2.75) is 50.8 Å². The van der Waals surface area contributed by atoms with Crippen LogP contribution in [-0.2, 0) is 20.9 Å². The molecule has 47 heavy (non-hydrogen) atoms. The molecule has 8 nitrogen and oxygen atoms in total. The minimum Gasteiger partial charge on any atom is -0.505 e. The van der Waals surface area contributed by atoms with Crippen molar-refractivity contribution in [2.75, 3.05) is 26.3 Å². The van der Waals surface area contributed by atoms with Gasteiger partial charge in [-0.25, -0.2) is 4.39 Å². The number of hydrogen-bond acceptors (Lipinski definition) is 7. The van der Waals surface area contributed by atoms with Gasteiger partial charge in [0.25, 0.3) is 0 Å². The Bertz CT molecular complexity index is 1690. The number of benzene rings is 2. The number of aliphatic hydroxyl groups excluding tert-OH is 1. The molecule has 7 rings (SSSR count). The number of nitrogens with zero attached hydrogens (tertiary/aromatic N) is 3. The summed E-state index contributed by atoms with van der Waals surface area (Å²) >= 11 is 0. The number of fused-ring (bicyclic) bond motifs is 3. The van der Waals surface area contributed by atoms with E-state index in [0.29, 0.717) is 31.4 Å². The van der Waals surface area contributed by atoms with Crippen LogP contribution < -0.4 is 0 Å². The second-order valence-electron chi connectivity index (χ2n) is 13.2. The van der Waals surface area contributed by atoms with Crippen LogP contribution in [0.4, 0.5) is 4.39 Å². The van der Waals surface area contributed by atoms with E-state index in [4.69, 9.17) is 4.74 Å². The van der Waals surface area contributed by atoms with E-state index < -0.39 is 23.4 Å². The summed E-state index contributed by atoms with van der Waals surface area (Å²) in [6, 6.07) is 20.1. The van der Waals surface area contributed by atoms with Crippen LogP contribution >= 0.6 is 0 Å². The zero-order valence-electron chi connectivity index (χ0n) is 26.3. The van der Waals surface area contributed by atoms with E-state index in [-0.39, 0.29) is 36.5 Å². The molecule has 0 bridgehead atoms. The zero-order chi connectivity index (χ0) is 32.5. The molecule has 3 aromatic rings. The summed E-state index contributed by atoms with van der Waals surface area (Å²) in [5.41, 5.74) is 5.25. The second kappa shape index (κ2) is 13.5. The molecule has 9 heteroatoms. The third kappa shape index (κ3) is 6.27. The number of carbonyl (C=O) groups is 2. The van der Waals surface area contributed by atoms with Crippen LogP contribution in [0, 0.1) is 23.6 Å². The largest absolute Gasteiger partial charge is 0.505 e. The number of carbonyl (C=O) groups excluding carboxylic acids is 2. The summed E-state index contributed by atoms with van der Waals surface area (Å²) in [7, 11) is 0. The van der Waals surface area contributed by atoms with Gasteiger partial charge in [0.05, 0.1) is 36.8 Å². The van der Waals surface area contributed by atoms with Crippen molar-refractivity contribution >= 4 is 23.5 Å². The lowest BCUT2D eigenvalue weighted by molar-refractivity contribution is -0.144. The van der Waals surface area contributed by atoms with Gasteiger partial charge < -0.3 is 14.9 Å². The highest BCUT2D eigenvalue weighted by molar-refractivity contribution is 6.06. The van der Waals surface area contributed by atoms with E-state index in [1.807, 2.05) is 42.5 Å². The fraction of sp³-hybridized carbons (Fsp3) is 0.395. The fourth-order valence-electron chi connectivity index (χ4n) is 8.11. The Labute approximate surface area is 274 Å². The van der Waals surface area contributed by atoms with Gasteiger partial charge in [-0.15, -0.1) is 0 Å². The molecular weight excluding hydrogens is 597 g/mol. The van der Waals surface area contributed by atoms with Crippen molar-refractivity contribution in [3.63, 3.8) is 0 Å². The molecule has 244 valence electrons. The van der Waals surface area contributed by atoms with E-state index in [9.17, 15) is 24.2 Å². The Balaban J connectivity index is 1.06. The number of amides is 2. The number of piperidine rings is 1. The first-order chi connectivity index (χ1) is 22.9. The number of imide groups is 1. The molecule has 1 aliphatic carbocycles. The smallest absolute Gasteiger partial charge is 0.234 e. The predicted molar refractivity (Wildman–Crippen MR) is 175 cm³/mol. The fourth-order valence-corrected chi connectivity index (χ4v) is 8.11. The third-order valence-electron chi connectivity index (χ3n) is 10.4. The number of phenolic OH excluding ortho intramolecular Hbond substituents is 1. The highest BCUT2D eigenvalue weighted by Gasteiger charge is 2.58. The van der Waals surface area contributed by atoms with Gasteiger partial charge >= 0.3 is 0 Å². The zero-order valence-corrected chi connectivity index (χ0v) is 26.3. The van der Waals surface area contributed by atoms with Gasteiger partial charge in [0, 0.05) is 37.8 Å². The molecule has 2 aromatic carbocycles. The first-order valence-electron chi connectivity index (χ1n) is 16.6. The van der Waals surface area contributed by atoms with Gasteiger partial charge in [-0.2, -0.15) is 0 Å². The molecule has 0 saturated carbocycles. The van der Waals surface area contributed by atoms with Crippen LogP contribution in [0.15, 0.2) is 84.1 Å². The SMILES string of the molecule is O=C1[C@@H]2[C@@H](CC(CO)=C3[C@@H](CC/C(=C/c4ccc(O)c(F)c4)c4ccccn4)OC[C@@H]32)C(=O)N1C1CCN(Cc2ccccc2)CC1. The molecular formula is C38H40FN3O5. The maximum Gasteiger partial charge on any atom is 0.234 e. The molecule has 4 aliphatic rings. The van der Waals surface area contributed by atoms with Crippen LogP contribution in [0.1, 0.15) is 48.9 Å². The molecule has 3 aliphatic heterocycles. The van der Waals surface area contributed by atoms with E-state index in [0.717, 1.165) is 54.9 Å². The standard InChI is InChI=1S/C38H40FN3O5/c39-31-19-25(9-11-33(31)44)18-26(32-8-4-5-15-40-32)10-12-34-35-27(22-43)20-29-36(30(35)23-47-34)38(46)42(37(29)45)28-13-16-41(17-14-28)21-24-6-2-1-3-7-24/h1-9,11,15,18-19,28-30,34,36,43-44H,10,12-14,16-17,20-23H2/b26-18-/t29-,30+,34-,36-/m1/s1. The number of ether oxygens (including phenoxy) is 1. The second-order valence-corrected chi connectivity index (χ2v) is 13.2. The third-order valence-corrected chi connectivity index (χ3v) is 10.4. The van der Waals surface area contributed by atoms with E-state index >= 15 is 0 Å². The first kappa shape index (κ1) is 31.4. The number of phenols is 1. The van der Waals surface area contributed by atoms with Gasteiger partial charge in [-0.05, 0) is 90.3 Å². The van der Waals surface area contributed by atoms with E-state index in [2.05, 4.69) is 22.0 Å². The monoisotopic (exact) mass is 637 g/mol. The van der Waals surface area contributed by atoms with Crippen molar-refractivity contribution in [1.82, 2.24) is 14.8 Å². The number of likely N-dealkylation sites (tertiary alicyclic amines) is 2. The summed E-state index contributed by atoms with van der Waals surface area (Å²) < 4.78 is 20.5. The molecule has 2 N–H and O–H groups in total. The lowest BCUT2D eigenvalue weighted by Gasteiger charge is -2.36. The minimum atomic E-state index is -0.696. The Morgan fingerprint density at radius 1 is 1.00 bits per heavy atom. The molecule has 1 aromatic heterocycles. The average molecular weight is 638 g/mol. The first-order valence-corrected chi connectivity index (χ1v) is 16.6. The van der Waals surface area contributed by atoms with Crippen LogP contribution in [0.3, 0.4) is 0 Å². The van der Waals surface area contributed by atoms with Crippen molar-refractivity contribution in [1.29, 1.82) is 0 Å². The van der Waals surface area contributed by atoms with Crippen molar-refractivity contribution < 1.29 is 28.9 Å². The molecule has 0 radical (unpaired) electrons. The van der Waals surface area contributed by atoms with E-state index in [1.165, 1.54) is 17.7 Å². The summed E-state index contributed by atoms with van der Waals surface area (Å²) in [5, 5.41) is 20.1. The Morgan fingerprint density at radius 3 is 2.51 bits per heavy atom.